The lowest BCUT2D eigenvalue weighted by molar-refractivity contribution is -0.0661. The molecule has 0 atom stereocenters. The Kier molecular flexibility index (Phi) is 5.23. The highest BCUT2D eigenvalue weighted by Gasteiger charge is 2.36. The van der Waals surface area contributed by atoms with Crippen LogP contribution in [0.25, 0.3) is 0 Å². The number of hydrogen-bond donors (Lipinski definition) is 0. The molecule has 3 nitrogen and oxygen atoms in total. The van der Waals surface area contributed by atoms with Crippen LogP contribution in [0.2, 0.25) is 39.3 Å². The first-order chi connectivity index (χ1) is 8.12. The van der Waals surface area contributed by atoms with Crippen molar-refractivity contribution in [3.05, 3.63) is 12.3 Å². The van der Waals surface area contributed by atoms with Crippen LogP contribution >= 0.6 is 0 Å². The van der Waals surface area contributed by atoms with E-state index in [4.69, 9.17) is 13.6 Å². The molecule has 1 aliphatic rings. The number of hydrogen-bond acceptors (Lipinski definition) is 3. The van der Waals surface area contributed by atoms with Crippen molar-refractivity contribution in [2.45, 2.75) is 57.7 Å². The minimum atomic E-state index is -1.51. The summed E-state index contributed by atoms with van der Waals surface area (Å²) >= 11 is 0. The highest BCUT2D eigenvalue weighted by Crippen LogP contribution is 2.27. The Morgan fingerprint density at radius 3 is 1.83 bits per heavy atom. The first kappa shape index (κ1) is 15.9. The van der Waals surface area contributed by atoms with Crippen LogP contribution in [-0.4, -0.2) is 35.4 Å². The molecule has 106 valence electrons. The normalized spacial score (nSPS) is 19.7. The quantitative estimate of drug-likeness (QED) is 0.697. The smallest absolute Gasteiger partial charge is 0.183 e. The predicted octanol–water partition coefficient (Wildman–Crippen LogP) is 3.75. The average Bonchev–Trinajstić information content (AvgIpc) is 2.24. The molecule has 0 saturated carbocycles. The van der Waals surface area contributed by atoms with Gasteiger partial charge in [0.05, 0.1) is 19.5 Å². The molecule has 1 rings (SSSR count). The lowest BCUT2D eigenvalue weighted by Gasteiger charge is -2.38. The summed E-state index contributed by atoms with van der Waals surface area (Å²) in [5, 5.41) is 0. The second-order valence-corrected chi connectivity index (χ2v) is 16.0. The van der Waals surface area contributed by atoms with Crippen molar-refractivity contribution in [1.82, 2.24) is 0 Å². The van der Waals surface area contributed by atoms with Gasteiger partial charge in [-0.05, 0) is 58.2 Å². The Labute approximate surface area is 114 Å². The van der Waals surface area contributed by atoms with Crippen LogP contribution in [0.5, 0.6) is 0 Å². The van der Waals surface area contributed by atoms with Gasteiger partial charge in [0.1, 0.15) is 0 Å². The van der Waals surface area contributed by atoms with Gasteiger partial charge in [-0.1, -0.05) is 0 Å². The van der Waals surface area contributed by atoms with Crippen LogP contribution in [0.15, 0.2) is 12.3 Å². The fraction of sp³-hybridized carbons (Fsp3) is 0.846. The second kappa shape index (κ2) is 5.90. The molecule has 0 aromatic carbocycles. The fourth-order valence-corrected chi connectivity index (χ4v) is 3.01. The van der Waals surface area contributed by atoms with Crippen LogP contribution in [0, 0.1) is 0 Å². The van der Waals surface area contributed by atoms with E-state index in [1.165, 1.54) is 0 Å². The minimum Gasteiger partial charge on any atom is -0.490 e. The van der Waals surface area contributed by atoms with Gasteiger partial charge in [0.25, 0.3) is 0 Å². The predicted molar refractivity (Wildman–Crippen MR) is 80.8 cm³/mol. The summed E-state index contributed by atoms with van der Waals surface area (Å²) in [6.07, 6.45) is 5.91. The second-order valence-electron chi connectivity index (χ2n) is 7.01. The largest absolute Gasteiger partial charge is 0.490 e. The molecule has 0 aromatic rings. The number of allylic oxidation sites excluding steroid dienone is 1. The van der Waals surface area contributed by atoms with Crippen LogP contribution in [-0.2, 0) is 13.6 Å². The van der Waals surface area contributed by atoms with Crippen LogP contribution in [0.1, 0.15) is 12.8 Å². The summed E-state index contributed by atoms with van der Waals surface area (Å²) in [5.41, 5.74) is -0.269. The first-order valence-corrected chi connectivity index (χ1v) is 13.5. The van der Waals surface area contributed by atoms with Crippen LogP contribution < -0.4 is 0 Å². The lowest BCUT2D eigenvalue weighted by Crippen LogP contribution is -2.48. The molecule has 0 saturated heterocycles. The van der Waals surface area contributed by atoms with Crippen molar-refractivity contribution < 1.29 is 13.6 Å². The van der Waals surface area contributed by atoms with E-state index in [2.05, 4.69) is 45.4 Å². The average molecular weight is 289 g/mol. The van der Waals surface area contributed by atoms with Gasteiger partial charge >= 0.3 is 0 Å². The summed E-state index contributed by atoms with van der Waals surface area (Å²) in [6, 6.07) is 0. The summed E-state index contributed by atoms with van der Waals surface area (Å²) in [4.78, 5) is 0. The molecule has 1 heterocycles. The highest BCUT2D eigenvalue weighted by molar-refractivity contribution is 6.70. The Bertz CT molecular complexity index is 272. The third-order valence-electron chi connectivity index (χ3n) is 2.72. The van der Waals surface area contributed by atoms with Crippen molar-refractivity contribution in [2.75, 3.05) is 13.2 Å². The zero-order valence-corrected chi connectivity index (χ0v) is 14.7. The standard InChI is InChI=1S/C13H28O3Si2/c1-17(2,3)15-11-13(9-7-8-10-14-13)12-16-18(4,5)6/h8,10H,7,9,11-12H2,1-6H3. The summed E-state index contributed by atoms with van der Waals surface area (Å²) < 4.78 is 18.0. The van der Waals surface area contributed by atoms with Gasteiger partial charge in [0.15, 0.2) is 22.2 Å². The molecule has 1 aliphatic heterocycles. The molecule has 5 heteroatoms. The van der Waals surface area contributed by atoms with E-state index in [9.17, 15) is 0 Å². The summed E-state index contributed by atoms with van der Waals surface area (Å²) in [5.74, 6) is 0. The van der Waals surface area contributed by atoms with Crippen molar-refractivity contribution in [3.8, 4) is 0 Å². The van der Waals surface area contributed by atoms with E-state index in [0.717, 1.165) is 12.8 Å². The van der Waals surface area contributed by atoms with Crippen LogP contribution in [0.4, 0.5) is 0 Å². The lowest BCUT2D eigenvalue weighted by atomic mass is 9.98. The Balaban J connectivity index is 2.61. The zero-order valence-electron chi connectivity index (χ0n) is 12.7. The maximum Gasteiger partial charge on any atom is 0.183 e. The Hall–Kier alpha value is -0.106. The summed E-state index contributed by atoms with van der Waals surface area (Å²) in [7, 11) is -3.02. The molecular formula is C13H28O3Si2. The molecule has 0 N–H and O–H groups in total. The Morgan fingerprint density at radius 1 is 1.00 bits per heavy atom. The molecule has 0 unspecified atom stereocenters. The van der Waals surface area contributed by atoms with Gasteiger partial charge in [-0.25, -0.2) is 0 Å². The molecule has 18 heavy (non-hydrogen) atoms. The van der Waals surface area contributed by atoms with Gasteiger partial charge < -0.3 is 13.6 Å². The third kappa shape index (κ3) is 6.18. The molecule has 0 aromatic heterocycles. The van der Waals surface area contributed by atoms with Gasteiger partial charge in [-0.3, -0.25) is 0 Å². The zero-order chi connectivity index (χ0) is 13.9. The molecule has 0 radical (unpaired) electrons. The molecule has 0 amide bonds. The van der Waals surface area contributed by atoms with E-state index in [0.29, 0.717) is 13.2 Å². The number of ether oxygens (including phenoxy) is 1. The third-order valence-corrected chi connectivity index (χ3v) is 4.74. The first-order valence-electron chi connectivity index (χ1n) is 6.73. The van der Waals surface area contributed by atoms with Crippen molar-refractivity contribution in [2.24, 2.45) is 0 Å². The van der Waals surface area contributed by atoms with E-state index >= 15 is 0 Å². The Morgan fingerprint density at radius 2 is 1.50 bits per heavy atom. The van der Waals surface area contributed by atoms with Crippen molar-refractivity contribution in [3.63, 3.8) is 0 Å². The SMILES string of the molecule is C[Si](C)(C)OCC1(CO[Si](C)(C)C)CCC=CO1. The van der Waals surface area contributed by atoms with Gasteiger partial charge in [0, 0.05) is 0 Å². The van der Waals surface area contributed by atoms with E-state index in [1.807, 2.05) is 6.26 Å². The van der Waals surface area contributed by atoms with Gasteiger partial charge in [-0.2, -0.15) is 0 Å². The van der Waals surface area contributed by atoms with E-state index < -0.39 is 16.6 Å². The fourth-order valence-electron chi connectivity index (χ4n) is 1.62. The molecule has 0 bridgehead atoms. The molecule has 0 spiro atoms. The highest BCUT2D eigenvalue weighted by atomic mass is 28.4. The molecular weight excluding hydrogens is 260 g/mol. The van der Waals surface area contributed by atoms with Gasteiger partial charge in [0.2, 0.25) is 0 Å². The topological polar surface area (TPSA) is 27.7 Å². The van der Waals surface area contributed by atoms with Crippen LogP contribution in [0.3, 0.4) is 0 Å². The minimum absolute atomic E-state index is 0.269. The van der Waals surface area contributed by atoms with Crippen molar-refractivity contribution in [1.29, 1.82) is 0 Å². The van der Waals surface area contributed by atoms with Gasteiger partial charge in [-0.15, -0.1) is 0 Å². The van der Waals surface area contributed by atoms with E-state index in [-0.39, 0.29) is 5.60 Å². The number of rotatable bonds is 6. The molecule has 0 fully saturated rings. The van der Waals surface area contributed by atoms with E-state index in [1.54, 1.807) is 0 Å². The molecule has 0 aliphatic carbocycles. The maximum atomic E-state index is 6.05. The summed E-state index contributed by atoms with van der Waals surface area (Å²) in [6.45, 7) is 14.5. The maximum absolute atomic E-state index is 6.05. The monoisotopic (exact) mass is 288 g/mol. The van der Waals surface area contributed by atoms with Crippen molar-refractivity contribution >= 4 is 16.6 Å².